The lowest BCUT2D eigenvalue weighted by atomic mass is 10.3. The Balaban J connectivity index is 2.27. The molecule has 0 spiro atoms. The van der Waals surface area contributed by atoms with Crippen LogP contribution in [-0.4, -0.2) is 15.0 Å². The smallest absolute Gasteiger partial charge is 0.121 e. The van der Waals surface area contributed by atoms with E-state index in [9.17, 15) is 0 Å². The Morgan fingerprint density at radius 1 is 1.13 bits per heavy atom. The van der Waals surface area contributed by atoms with Gasteiger partial charge in [0.25, 0.3) is 0 Å². The highest BCUT2D eigenvalue weighted by Gasteiger charge is 2.06. The number of hydrogen-bond donors (Lipinski definition) is 0. The van der Waals surface area contributed by atoms with E-state index in [2.05, 4.69) is 45.0 Å². The van der Waals surface area contributed by atoms with Crippen molar-refractivity contribution in [1.82, 2.24) is 15.0 Å². The maximum atomic E-state index is 4.15. The summed E-state index contributed by atoms with van der Waals surface area (Å²) >= 11 is 4.01. The Morgan fingerprint density at radius 2 is 2.00 bits per heavy atom. The number of benzene rings is 1. The summed E-state index contributed by atoms with van der Waals surface area (Å²) < 4.78 is 3.13. The molecule has 3 aromatic rings. The molecule has 0 N–H and O–H groups in total. The molecule has 1 aromatic carbocycles. The molecule has 2 aromatic heterocycles. The Morgan fingerprint density at radius 3 is 2.80 bits per heavy atom. The molecular weight excluding hydrogens is 321 g/mol. The third-order valence-electron chi connectivity index (χ3n) is 2.12. The summed E-state index contributed by atoms with van der Waals surface area (Å²) in [4.78, 5) is 0. The summed E-state index contributed by atoms with van der Waals surface area (Å²) in [5, 5.41) is 9.38. The van der Waals surface area contributed by atoms with Crippen molar-refractivity contribution >= 4 is 45.0 Å². The fourth-order valence-corrected chi connectivity index (χ4v) is 3.00. The van der Waals surface area contributed by atoms with E-state index in [4.69, 9.17) is 0 Å². The van der Waals surface area contributed by atoms with Gasteiger partial charge in [0.15, 0.2) is 0 Å². The predicted molar refractivity (Wildman–Crippen MR) is 69.5 cm³/mol. The van der Waals surface area contributed by atoms with Crippen LogP contribution in [0.25, 0.3) is 16.0 Å². The van der Waals surface area contributed by atoms with Gasteiger partial charge >= 0.3 is 0 Å². The quantitative estimate of drug-likeness (QED) is 0.643. The summed E-state index contributed by atoms with van der Waals surface area (Å²) in [6.45, 7) is 0. The maximum Gasteiger partial charge on any atom is 0.121 e. The van der Waals surface area contributed by atoms with Crippen LogP contribution in [0.15, 0.2) is 36.4 Å². The number of para-hydroxylation sites is 1. The lowest BCUT2D eigenvalue weighted by Crippen LogP contribution is -1.92. The minimum Gasteiger partial charge on any atom is -0.203 e. The highest BCUT2D eigenvalue weighted by atomic mass is 127. The Hall–Kier alpha value is -0.950. The number of fused-ring (bicyclic) bond motifs is 1. The van der Waals surface area contributed by atoms with Gasteiger partial charge in [-0.2, -0.15) is 0 Å². The number of aromatic nitrogens is 3. The highest BCUT2D eigenvalue weighted by Crippen LogP contribution is 2.24. The molecule has 0 bridgehead atoms. The fraction of sp³-hybridized carbons (Fsp3) is 0. The largest absolute Gasteiger partial charge is 0.203 e. The Labute approximate surface area is 104 Å². The first kappa shape index (κ1) is 9.29. The van der Waals surface area contributed by atoms with Crippen LogP contribution in [0.1, 0.15) is 0 Å². The van der Waals surface area contributed by atoms with Crippen LogP contribution >= 0.6 is 33.9 Å². The minimum absolute atomic E-state index is 0.931. The van der Waals surface area contributed by atoms with Gasteiger partial charge in [-0.3, -0.25) is 0 Å². The molecule has 2 heterocycles. The van der Waals surface area contributed by atoms with Gasteiger partial charge in [-0.25, -0.2) is 4.68 Å². The van der Waals surface area contributed by atoms with Gasteiger partial charge in [-0.05, 0) is 46.9 Å². The average Bonchev–Trinajstić information content (AvgIpc) is 2.83. The van der Waals surface area contributed by atoms with Gasteiger partial charge in [0, 0.05) is 0 Å². The van der Waals surface area contributed by atoms with Gasteiger partial charge in [0.2, 0.25) is 0 Å². The molecule has 0 radical (unpaired) electrons. The molecule has 0 aliphatic heterocycles. The van der Waals surface area contributed by atoms with E-state index in [0.29, 0.717) is 0 Å². The van der Waals surface area contributed by atoms with Crippen LogP contribution in [0.5, 0.6) is 0 Å². The molecule has 0 fully saturated rings. The van der Waals surface area contributed by atoms with Crippen molar-refractivity contribution in [2.24, 2.45) is 0 Å². The molecule has 15 heavy (non-hydrogen) atoms. The molecule has 0 aliphatic rings. The second-order valence-electron chi connectivity index (χ2n) is 3.07. The van der Waals surface area contributed by atoms with Crippen LogP contribution < -0.4 is 0 Å². The number of halogens is 1. The second-order valence-corrected chi connectivity index (χ2v) is 6.02. The molecule has 3 nitrogen and oxygen atoms in total. The number of nitrogens with zero attached hydrogens (tertiary/aromatic N) is 3. The average molecular weight is 327 g/mol. The van der Waals surface area contributed by atoms with Crippen LogP contribution in [0.2, 0.25) is 0 Å². The zero-order chi connectivity index (χ0) is 10.3. The third kappa shape index (κ3) is 1.55. The molecule has 0 unspecified atom stereocenters. The van der Waals surface area contributed by atoms with E-state index in [0.717, 1.165) is 16.0 Å². The fourth-order valence-electron chi connectivity index (χ4n) is 1.45. The van der Waals surface area contributed by atoms with E-state index in [-0.39, 0.29) is 0 Å². The monoisotopic (exact) mass is 327 g/mol. The minimum atomic E-state index is 0.931. The topological polar surface area (TPSA) is 30.7 Å². The van der Waals surface area contributed by atoms with Crippen molar-refractivity contribution in [1.29, 1.82) is 0 Å². The number of hydrogen-bond acceptors (Lipinski definition) is 3. The standard InChI is InChI=1S/C10H6IN3S/c11-9-5-6-10(15-9)14-8-4-2-1-3-7(8)12-13-14/h1-6H. The van der Waals surface area contributed by atoms with E-state index in [1.54, 1.807) is 11.3 Å². The zero-order valence-corrected chi connectivity index (χ0v) is 10.6. The van der Waals surface area contributed by atoms with Crippen molar-refractivity contribution in [3.05, 3.63) is 39.3 Å². The molecule has 0 amide bonds. The number of rotatable bonds is 1. The molecule has 0 saturated heterocycles. The normalized spacial score (nSPS) is 11.0. The number of thiophene rings is 1. The van der Waals surface area contributed by atoms with Crippen molar-refractivity contribution in [2.45, 2.75) is 0 Å². The molecule has 5 heteroatoms. The van der Waals surface area contributed by atoms with E-state index in [1.807, 2.05) is 28.9 Å². The van der Waals surface area contributed by atoms with Gasteiger partial charge in [0.05, 0.1) is 8.40 Å². The summed E-state index contributed by atoms with van der Waals surface area (Å²) in [7, 11) is 0. The summed E-state index contributed by atoms with van der Waals surface area (Å²) in [6.07, 6.45) is 0. The van der Waals surface area contributed by atoms with E-state index >= 15 is 0 Å². The maximum absolute atomic E-state index is 4.15. The van der Waals surface area contributed by atoms with Crippen molar-refractivity contribution in [3.8, 4) is 5.00 Å². The Kier molecular flexibility index (Phi) is 2.21. The molecule has 3 rings (SSSR count). The second kappa shape index (κ2) is 3.57. The van der Waals surface area contributed by atoms with Crippen LogP contribution in [0.3, 0.4) is 0 Å². The van der Waals surface area contributed by atoms with E-state index in [1.165, 1.54) is 2.88 Å². The van der Waals surface area contributed by atoms with Crippen molar-refractivity contribution in [3.63, 3.8) is 0 Å². The Bertz CT molecular complexity index is 614. The van der Waals surface area contributed by atoms with Crippen molar-refractivity contribution in [2.75, 3.05) is 0 Å². The summed E-state index contributed by atoms with van der Waals surface area (Å²) in [5.74, 6) is 0. The molecule has 0 atom stereocenters. The van der Waals surface area contributed by atoms with E-state index < -0.39 is 0 Å². The summed E-state index contributed by atoms with van der Waals surface area (Å²) in [5.41, 5.74) is 1.98. The zero-order valence-electron chi connectivity index (χ0n) is 7.59. The summed E-state index contributed by atoms with van der Waals surface area (Å²) in [6, 6.07) is 12.1. The first-order valence-electron chi connectivity index (χ1n) is 4.41. The molecule has 0 aliphatic carbocycles. The van der Waals surface area contributed by atoms with Crippen LogP contribution in [-0.2, 0) is 0 Å². The molecule has 0 saturated carbocycles. The molecule has 74 valence electrons. The molecular formula is C10H6IN3S. The van der Waals surface area contributed by atoms with Gasteiger partial charge in [0.1, 0.15) is 10.5 Å². The third-order valence-corrected chi connectivity index (χ3v) is 3.99. The SMILES string of the molecule is Ic1ccc(-n2nnc3ccccc32)s1. The van der Waals surface area contributed by atoms with Crippen molar-refractivity contribution < 1.29 is 0 Å². The van der Waals surface area contributed by atoms with Gasteiger partial charge in [-0.1, -0.05) is 17.3 Å². The van der Waals surface area contributed by atoms with Gasteiger partial charge < -0.3 is 0 Å². The predicted octanol–water partition coefficient (Wildman–Crippen LogP) is 3.09. The van der Waals surface area contributed by atoms with Crippen LogP contribution in [0, 0.1) is 2.88 Å². The lowest BCUT2D eigenvalue weighted by Gasteiger charge is -1.95. The van der Waals surface area contributed by atoms with Crippen LogP contribution in [0.4, 0.5) is 0 Å². The van der Waals surface area contributed by atoms with Gasteiger partial charge in [-0.15, -0.1) is 16.4 Å². The highest BCUT2D eigenvalue weighted by molar-refractivity contribution is 14.1. The first-order valence-corrected chi connectivity index (χ1v) is 6.30. The first-order chi connectivity index (χ1) is 7.34. The lowest BCUT2D eigenvalue weighted by molar-refractivity contribution is 0.835.